The molecule has 1 heteroatoms. The monoisotopic (exact) mass is 259 g/mol. The summed E-state index contributed by atoms with van der Waals surface area (Å²) in [4.78, 5) is 0. The van der Waals surface area contributed by atoms with E-state index in [2.05, 4.69) is 50.4 Å². The van der Waals surface area contributed by atoms with Crippen molar-refractivity contribution < 1.29 is 0 Å². The lowest BCUT2D eigenvalue weighted by Crippen LogP contribution is -2.36. The van der Waals surface area contributed by atoms with Crippen LogP contribution < -0.4 is 5.32 Å². The van der Waals surface area contributed by atoms with Crippen LogP contribution in [0.5, 0.6) is 0 Å². The van der Waals surface area contributed by atoms with Crippen LogP contribution in [0.1, 0.15) is 69.5 Å². The van der Waals surface area contributed by atoms with E-state index in [1.54, 1.807) is 0 Å². The second-order valence-electron chi connectivity index (χ2n) is 6.22. The number of hydrogen-bond donors (Lipinski definition) is 1. The molecule has 0 spiro atoms. The summed E-state index contributed by atoms with van der Waals surface area (Å²) >= 11 is 0. The largest absolute Gasteiger partial charge is 0.309 e. The molecule has 0 aliphatic heterocycles. The van der Waals surface area contributed by atoms with Crippen LogP contribution in [-0.2, 0) is 0 Å². The van der Waals surface area contributed by atoms with Crippen LogP contribution in [0.15, 0.2) is 24.3 Å². The number of nitrogens with one attached hydrogen (secondary N) is 1. The van der Waals surface area contributed by atoms with E-state index in [0.29, 0.717) is 11.5 Å². The molecule has 0 radical (unpaired) electrons. The summed E-state index contributed by atoms with van der Waals surface area (Å²) in [5.41, 5.74) is 3.34. The van der Waals surface area contributed by atoms with E-state index in [9.17, 15) is 0 Å². The number of benzene rings is 1. The Kier molecular flexibility index (Phi) is 5.04. The third kappa shape index (κ3) is 3.20. The van der Waals surface area contributed by atoms with E-state index in [-0.39, 0.29) is 0 Å². The van der Waals surface area contributed by atoms with Crippen LogP contribution in [-0.4, -0.2) is 6.54 Å². The average Bonchev–Trinajstić information content (AvgIpc) is 2.91. The molecule has 0 amide bonds. The molecule has 19 heavy (non-hydrogen) atoms. The average molecular weight is 259 g/mol. The fourth-order valence-corrected chi connectivity index (χ4v) is 3.66. The van der Waals surface area contributed by atoms with Crippen molar-refractivity contribution in [3.05, 3.63) is 35.4 Å². The maximum Gasteiger partial charge on any atom is 0.0377 e. The summed E-state index contributed by atoms with van der Waals surface area (Å²) < 4.78 is 0. The van der Waals surface area contributed by atoms with Crippen molar-refractivity contribution in [3.63, 3.8) is 0 Å². The lowest BCUT2D eigenvalue weighted by atomic mass is 9.73. The molecule has 1 nitrogen and oxygen atoms in total. The molecule has 1 atom stereocenters. The summed E-state index contributed by atoms with van der Waals surface area (Å²) in [7, 11) is 0. The van der Waals surface area contributed by atoms with Gasteiger partial charge in [-0.1, -0.05) is 56.5 Å². The maximum atomic E-state index is 3.84. The zero-order valence-electron chi connectivity index (χ0n) is 12.8. The Bertz CT molecular complexity index is 373. The molecule has 0 aromatic heterocycles. The molecule has 1 aromatic rings. The van der Waals surface area contributed by atoms with E-state index in [1.807, 2.05) is 0 Å². The molecule has 1 fully saturated rings. The van der Waals surface area contributed by atoms with Gasteiger partial charge in [-0.25, -0.2) is 0 Å². The highest BCUT2D eigenvalue weighted by Gasteiger charge is 2.40. The number of hydrogen-bond acceptors (Lipinski definition) is 1. The SMILES string of the molecule is CCCNC(c1ccc(C)cc1)C1(CC)CCCC1. The predicted octanol–water partition coefficient (Wildman–Crippen LogP) is 5.01. The molecule has 0 heterocycles. The molecule has 1 saturated carbocycles. The molecule has 0 bridgehead atoms. The summed E-state index contributed by atoms with van der Waals surface area (Å²) in [6, 6.07) is 9.72. The van der Waals surface area contributed by atoms with Crippen LogP contribution in [0.2, 0.25) is 0 Å². The van der Waals surface area contributed by atoms with E-state index in [4.69, 9.17) is 0 Å². The highest BCUT2D eigenvalue weighted by molar-refractivity contribution is 5.26. The van der Waals surface area contributed by atoms with Gasteiger partial charge in [0.1, 0.15) is 0 Å². The lowest BCUT2D eigenvalue weighted by Gasteiger charge is -2.38. The summed E-state index contributed by atoms with van der Waals surface area (Å²) in [6.07, 6.45) is 8.09. The summed E-state index contributed by atoms with van der Waals surface area (Å²) in [6.45, 7) is 7.93. The van der Waals surface area contributed by atoms with Crippen LogP contribution >= 0.6 is 0 Å². The zero-order valence-corrected chi connectivity index (χ0v) is 12.8. The highest BCUT2D eigenvalue weighted by atomic mass is 14.9. The lowest BCUT2D eigenvalue weighted by molar-refractivity contribution is 0.187. The molecular formula is C18H29N. The van der Waals surface area contributed by atoms with Gasteiger partial charge in [0.2, 0.25) is 0 Å². The first kappa shape index (κ1) is 14.6. The van der Waals surface area contributed by atoms with Gasteiger partial charge in [0.25, 0.3) is 0 Å². The molecule has 2 rings (SSSR count). The van der Waals surface area contributed by atoms with Gasteiger partial charge in [0.05, 0.1) is 0 Å². The first-order valence-corrected chi connectivity index (χ1v) is 8.02. The molecule has 1 N–H and O–H groups in total. The van der Waals surface area contributed by atoms with Crippen molar-refractivity contribution in [2.45, 2.75) is 65.3 Å². The van der Waals surface area contributed by atoms with Crippen molar-refractivity contribution in [1.29, 1.82) is 0 Å². The van der Waals surface area contributed by atoms with E-state index >= 15 is 0 Å². The highest BCUT2D eigenvalue weighted by Crippen LogP contribution is 2.50. The normalized spacial score (nSPS) is 19.5. The summed E-state index contributed by atoms with van der Waals surface area (Å²) in [5.74, 6) is 0. The van der Waals surface area contributed by atoms with E-state index in [0.717, 1.165) is 6.54 Å². The van der Waals surface area contributed by atoms with Gasteiger partial charge in [0.15, 0.2) is 0 Å². The molecule has 1 aliphatic carbocycles. The van der Waals surface area contributed by atoms with Crippen LogP contribution in [0.4, 0.5) is 0 Å². The molecule has 1 aliphatic rings. The zero-order chi connectivity index (χ0) is 13.7. The minimum atomic E-state index is 0.491. The third-order valence-corrected chi connectivity index (χ3v) is 4.92. The van der Waals surface area contributed by atoms with E-state index in [1.165, 1.54) is 49.7 Å². The van der Waals surface area contributed by atoms with Gasteiger partial charge in [0, 0.05) is 6.04 Å². The Hall–Kier alpha value is -0.820. The fourth-order valence-electron chi connectivity index (χ4n) is 3.66. The smallest absolute Gasteiger partial charge is 0.0377 e. The maximum absolute atomic E-state index is 3.84. The molecule has 0 saturated heterocycles. The topological polar surface area (TPSA) is 12.0 Å². The van der Waals surface area contributed by atoms with Crippen molar-refractivity contribution in [1.82, 2.24) is 5.32 Å². The van der Waals surface area contributed by atoms with Crippen molar-refractivity contribution >= 4 is 0 Å². The predicted molar refractivity (Wildman–Crippen MR) is 83.4 cm³/mol. The van der Waals surface area contributed by atoms with Crippen LogP contribution in [0, 0.1) is 12.3 Å². The Balaban J connectivity index is 2.26. The van der Waals surface area contributed by atoms with Gasteiger partial charge in [-0.05, 0) is 50.1 Å². The first-order chi connectivity index (χ1) is 9.22. The van der Waals surface area contributed by atoms with Crippen LogP contribution in [0.25, 0.3) is 0 Å². The summed E-state index contributed by atoms with van der Waals surface area (Å²) in [5, 5.41) is 3.84. The van der Waals surface area contributed by atoms with Gasteiger partial charge < -0.3 is 5.32 Å². The van der Waals surface area contributed by atoms with Gasteiger partial charge in [-0.15, -0.1) is 0 Å². The molecule has 1 unspecified atom stereocenters. The van der Waals surface area contributed by atoms with Crippen LogP contribution in [0.3, 0.4) is 0 Å². The Morgan fingerprint density at radius 3 is 2.26 bits per heavy atom. The number of rotatable bonds is 6. The Morgan fingerprint density at radius 1 is 1.11 bits per heavy atom. The first-order valence-electron chi connectivity index (χ1n) is 8.02. The van der Waals surface area contributed by atoms with Crippen molar-refractivity contribution in [2.75, 3.05) is 6.54 Å². The van der Waals surface area contributed by atoms with Gasteiger partial charge in [-0.3, -0.25) is 0 Å². The molecular weight excluding hydrogens is 230 g/mol. The van der Waals surface area contributed by atoms with Gasteiger partial charge in [-0.2, -0.15) is 0 Å². The quantitative estimate of drug-likeness (QED) is 0.757. The second-order valence-corrected chi connectivity index (χ2v) is 6.22. The Morgan fingerprint density at radius 2 is 1.74 bits per heavy atom. The van der Waals surface area contributed by atoms with Gasteiger partial charge >= 0.3 is 0 Å². The third-order valence-electron chi connectivity index (χ3n) is 4.92. The van der Waals surface area contributed by atoms with Crippen molar-refractivity contribution in [3.8, 4) is 0 Å². The minimum absolute atomic E-state index is 0.491. The standard InChI is InChI=1S/C18H29N/c1-4-14-19-17(16-10-8-15(3)9-11-16)18(5-2)12-6-7-13-18/h8-11,17,19H,4-7,12-14H2,1-3H3. The minimum Gasteiger partial charge on any atom is -0.309 e. The fraction of sp³-hybridized carbons (Fsp3) is 0.667. The van der Waals surface area contributed by atoms with E-state index < -0.39 is 0 Å². The number of aryl methyl sites for hydroxylation is 1. The Labute approximate surface area is 118 Å². The second kappa shape index (κ2) is 6.56. The molecule has 1 aromatic carbocycles. The van der Waals surface area contributed by atoms with Crippen molar-refractivity contribution in [2.24, 2.45) is 5.41 Å². The molecule has 106 valence electrons.